The monoisotopic (exact) mass is 478 g/mol. The number of amides is 2. The van der Waals surface area contributed by atoms with Gasteiger partial charge in [0, 0.05) is 30.1 Å². The van der Waals surface area contributed by atoms with Gasteiger partial charge < -0.3 is 10.4 Å². The summed E-state index contributed by atoms with van der Waals surface area (Å²) in [5.74, 6) is -2.73. The summed E-state index contributed by atoms with van der Waals surface area (Å²) in [7, 11) is 0. The van der Waals surface area contributed by atoms with Gasteiger partial charge in [0.1, 0.15) is 11.9 Å². The molecule has 0 radical (unpaired) electrons. The molecule has 2 heterocycles. The molecule has 11 heteroatoms. The fourth-order valence-electron chi connectivity index (χ4n) is 4.66. The number of likely N-dealkylation sites (N-methyl/N-ethyl adjacent to an activating group) is 1. The Morgan fingerprint density at radius 2 is 1.94 bits per heavy atom. The maximum Gasteiger partial charge on any atom is 0.416 e. The molecule has 182 valence electrons. The number of carbonyl (C=O) groups excluding carboxylic acids is 2. The number of alkyl halides is 3. The number of benzene rings is 1. The highest BCUT2D eigenvalue weighted by Gasteiger charge is 2.51. The smallest absolute Gasteiger partial charge is 0.416 e. The minimum atomic E-state index is -4.62. The standard InChI is InChI=1S/C23H25F3N4O4/c1-3-10-30-20-16(18(28-30)22(33)34)15(12-8-9-12)17(21(32)29(20)4-2)27-19(31)13-6-5-7-14(11-13)23(24,25)26/h5-7,11-12,15,17H,3-4,8-10H2,1-2H3,(H,27,31)(H,33,34)/t15-,17-/m1/s1. The molecule has 1 aromatic carbocycles. The lowest BCUT2D eigenvalue weighted by Gasteiger charge is -2.38. The van der Waals surface area contributed by atoms with Crippen LogP contribution in [-0.2, 0) is 17.5 Å². The molecule has 0 bridgehead atoms. The molecule has 1 saturated carbocycles. The molecule has 0 saturated heterocycles. The van der Waals surface area contributed by atoms with Crippen LogP contribution >= 0.6 is 0 Å². The predicted octanol–water partition coefficient (Wildman–Crippen LogP) is 3.67. The number of carboxylic acid groups (broad SMARTS) is 1. The SMILES string of the molecule is CCCn1nc(C(=O)O)c2c1N(CC)C(=O)[C@H](NC(=O)c1cccc(C(F)(F)F)c1)[C@@H]2C1CC1. The summed E-state index contributed by atoms with van der Waals surface area (Å²) in [5, 5.41) is 16.7. The summed E-state index contributed by atoms with van der Waals surface area (Å²) in [6, 6.07) is 2.86. The zero-order valence-electron chi connectivity index (χ0n) is 18.7. The topological polar surface area (TPSA) is 105 Å². The Balaban J connectivity index is 1.77. The number of fused-ring (bicyclic) bond motifs is 1. The third kappa shape index (κ3) is 4.14. The Kier molecular flexibility index (Phi) is 6.13. The molecular formula is C23H25F3N4O4. The fraction of sp³-hybridized carbons (Fsp3) is 0.478. The summed E-state index contributed by atoms with van der Waals surface area (Å²) in [5.41, 5.74) is -0.963. The average Bonchev–Trinajstić information content (AvgIpc) is 3.55. The molecule has 34 heavy (non-hydrogen) atoms. The van der Waals surface area contributed by atoms with Crippen LogP contribution in [0.4, 0.5) is 19.0 Å². The molecule has 0 unspecified atom stereocenters. The lowest BCUT2D eigenvalue weighted by molar-refractivity contribution is -0.137. The second-order valence-corrected chi connectivity index (χ2v) is 8.59. The van der Waals surface area contributed by atoms with Crippen molar-refractivity contribution in [1.29, 1.82) is 0 Å². The van der Waals surface area contributed by atoms with Gasteiger partial charge in [-0.25, -0.2) is 9.48 Å². The van der Waals surface area contributed by atoms with Crippen LogP contribution in [0, 0.1) is 5.92 Å². The zero-order chi connectivity index (χ0) is 24.8. The molecule has 2 atom stereocenters. The summed E-state index contributed by atoms with van der Waals surface area (Å²) in [4.78, 5) is 40.0. The third-order valence-electron chi connectivity index (χ3n) is 6.26. The van der Waals surface area contributed by atoms with Crippen LogP contribution in [-0.4, -0.2) is 45.3 Å². The number of carbonyl (C=O) groups is 3. The van der Waals surface area contributed by atoms with Crippen LogP contribution in [0.2, 0.25) is 0 Å². The molecule has 1 aliphatic heterocycles. The predicted molar refractivity (Wildman–Crippen MR) is 116 cm³/mol. The average molecular weight is 478 g/mol. The number of carboxylic acids is 1. The second kappa shape index (κ2) is 8.77. The van der Waals surface area contributed by atoms with Crippen molar-refractivity contribution in [1.82, 2.24) is 15.1 Å². The van der Waals surface area contributed by atoms with E-state index in [0.717, 1.165) is 31.0 Å². The number of aryl methyl sites for hydroxylation is 1. The van der Waals surface area contributed by atoms with Gasteiger partial charge in [0.15, 0.2) is 5.69 Å². The van der Waals surface area contributed by atoms with Crippen LogP contribution in [0.3, 0.4) is 0 Å². The van der Waals surface area contributed by atoms with Crippen molar-refractivity contribution >= 4 is 23.6 Å². The number of nitrogens with zero attached hydrogens (tertiary/aromatic N) is 3. The summed E-state index contributed by atoms with van der Waals surface area (Å²) >= 11 is 0. The minimum Gasteiger partial charge on any atom is -0.476 e. The number of halogens is 3. The number of aromatic carboxylic acids is 1. The molecule has 2 aliphatic rings. The van der Waals surface area contributed by atoms with Gasteiger partial charge in [0.05, 0.1) is 5.56 Å². The van der Waals surface area contributed by atoms with E-state index in [1.54, 1.807) is 6.92 Å². The van der Waals surface area contributed by atoms with Crippen molar-refractivity contribution in [3.63, 3.8) is 0 Å². The second-order valence-electron chi connectivity index (χ2n) is 8.59. The largest absolute Gasteiger partial charge is 0.476 e. The molecule has 2 N–H and O–H groups in total. The van der Waals surface area contributed by atoms with Gasteiger partial charge in [0.25, 0.3) is 11.8 Å². The molecule has 8 nitrogen and oxygen atoms in total. The number of hydrogen-bond donors (Lipinski definition) is 2. The highest BCUT2D eigenvalue weighted by Crippen LogP contribution is 2.51. The molecule has 0 spiro atoms. The number of anilines is 1. The molecular weight excluding hydrogens is 453 g/mol. The fourth-order valence-corrected chi connectivity index (χ4v) is 4.66. The highest BCUT2D eigenvalue weighted by atomic mass is 19.4. The van der Waals surface area contributed by atoms with E-state index in [-0.39, 0.29) is 23.7 Å². The normalized spacial score (nSPS) is 20.3. The first-order valence-corrected chi connectivity index (χ1v) is 11.2. The molecule has 1 aromatic heterocycles. The lowest BCUT2D eigenvalue weighted by atomic mass is 9.82. The highest BCUT2D eigenvalue weighted by molar-refractivity contribution is 6.06. The van der Waals surface area contributed by atoms with E-state index in [9.17, 15) is 32.7 Å². The number of rotatable bonds is 7. The van der Waals surface area contributed by atoms with Gasteiger partial charge in [-0.3, -0.25) is 14.5 Å². The van der Waals surface area contributed by atoms with Crippen molar-refractivity contribution in [2.24, 2.45) is 5.92 Å². The van der Waals surface area contributed by atoms with Crippen molar-refractivity contribution in [3.05, 3.63) is 46.6 Å². The number of hydrogen-bond acceptors (Lipinski definition) is 4. The Bertz CT molecular complexity index is 1140. The molecule has 2 aromatic rings. The van der Waals surface area contributed by atoms with Crippen LogP contribution in [0.1, 0.15) is 71.0 Å². The van der Waals surface area contributed by atoms with E-state index in [2.05, 4.69) is 10.4 Å². The van der Waals surface area contributed by atoms with Crippen molar-refractivity contribution < 1.29 is 32.7 Å². The van der Waals surface area contributed by atoms with E-state index in [4.69, 9.17) is 0 Å². The van der Waals surface area contributed by atoms with Gasteiger partial charge in [0.2, 0.25) is 0 Å². The maximum absolute atomic E-state index is 13.5. The summed E-state index contributed by atoms with van der Waals surface area (Å²) in [6.45, 7) is 4.27. The maximum atomic E-state index is 13.5. The van der Waals surface area contributed by atoms with E-state index in [1.165, 1.54) is 15.6 Å². The lowest BCUT2D eigenvalue weighted by Crippen LogP contribution is -2.56. The van der Waals surface area contributed by atoms with Gasteiger partial charge in [-0.15, -0.1) is 0 Å². The van der Waals surface area contributed by atoms with Crippen LogP contribution in [0.5, 0.6) is 0 Å². The first kappa shape index (κ1) is 23.8. The molecule has 2 amide bonds. The van der Waals surface area contributed by atoms with E-state index < -0.39 is 41.5 Å². The summed E-state index contributed by atoms with van der Waals surface area (Å²) < 4.78 is 40.9. The Morgan fingerprint density at radius 3 is 2.50 bits per heavy atom. The van der Waals surface area contributed by atoms with Gasteiger partial charge in [-0.05, 0) is 50.3 Å². The summed E-state index contributed by atoms with van der Waals surface area (Å²) in [6.07, 6.45) is -2.46. The van der Waals surface area contributed by atoms with Gasteiger partial charge in [-0.1, -0.05) is 13.0 Å². The Hall–Kier alpha value is -3.37. The quantitative estimate of drug-likeness (QED) is 0.632. The van der Waals surface area contributed by atoms with E-state index in [0.29, 0.717) is 24.3 Å². The molecule has 1 aliphatic carbocycles. The Labute approximate surface area is 193 Å². The Morgan fingerprint density at radius 1 is 1.24 bits per heavy atom. The van der Waals surface area contributed by atoms with E-state index >= 15 is 0 Å². The van der Waals surface area contributed by atoms with Gasteiger partial charge >= 0.3 is 12.1 Å². The zero-order valence-corrected chi connectivity index (χ0v) is 18.7. The minimum absolute atomic E-state index is 0.0362. The van der Waals surface area contributed by atoms with Crippen molar-refractivity contribution in [2.45, 2.75) is 57.8 Å². The van der Waals surface area contributed by atoms with E-state index in [1.807, 2.05) is 6.92 Å². The third-order valence-corrected chi connectivity index (χ3v) is 6.26. The van der Waals surface area contributed by atoms with Crippen LogP contribution < -0.4 is 10.2 Å². The van der Waals surface area contributed by atoms with Crippen LogP contribution in [0.15, 0.2) is 24.3 Å². The van der Waals surface area contributed by atoms with Crippen molar-refractivity contribution in [2.75, 3.05) is 11.4 Å². The molecule has 1 fully saturated rings. The van der Waals surface area contributed by atoms with Crippen LogP contribution in [0.25, 0.3) is 0 Å². The number of nitrogens with one attached hydrogen (secondary N) is 1. The van der Waals surface area contributed by atoms with Gasteiger partial charge in [-0.2, -0.15) is 18.3 Å². The first-order valence-electron chi connectivity index (χ1n) is 11.2. The molecule has 4 rings (SSSR count). The number of aromatic nitrogens is 2. The van der Waals surface area contributed by atoms with Crippen molar-refractivity contribution in [3.8, 4) is 0 Å². The first-order chi connectivity index (χ1) is 16.1.